The summed E-state index contributed by atoms with van der Waals surface area (Å²) in [6.45, 7) is 0. The Labute approximate surface area is 122 Å². The Hall–Kier alpha value is -1.89. The first-order valence-electron chi connectivity index (χ1n) is 6.92. The molecule has 1 aromatic rings. The van der Waals surface area contributed by atoms with E-state index in [0.29, 0.717) is 0 Å². The van der Waals surface area contributed by atoms with Crippen molar-refractivity contribution in [2.24, 2.45) is 0 Å². The molecule has 0 saturated heterocycles. The fraction of sp³-hybridized carbons (Fsp3) is 0.571. The van der Waals surface area contributed by atoms with Crippen LogP contribution in [0.25, 0.3) is 0 Å². The number of hydrogen-bond donors (Lipinski definition) is 1. The minimum Gasteiger partial charge on any atom is -0.490 e. The number of benzene rings is 1. The van der Waals surface area contributed by atoms with Crippen molar-refractivity contribution < 1.29 is 18.8 Å². The van der Waals surface area contributed by atoms with Crippen molar-refractivity contribution in [3.05, 3.63) is 28.1 Å². The topological polar surface area (TPSA) is 73.6 Å². The van der Waals surface area contributed by atoms with Gasteiger partial charge in [0.15, 0.2) is 11.6 Å². The number of nitro benzene ring substituents is 1. The lowest BCUT2D eigenvalue weighted by atomic mass is 9.92. The molecule has 21 heavy (non-hydrogen) atoms. The molecule has 1 aliphatic carbocycles. The summed E-state index contributed by atoms with van der Waals surface area (Å²) in [4.78, 5) is 10.2. The van der Waals surface area contributed by atoms with Gasteiger partial charge in [0.2, 0.25) is 5.75 Å². The number of ether oxygens (including phenoxy) is 2. The molecule has 2 rings (SSSR count). The van der Waals surface area contributed by atoms with Gasteiger partial charge in [0, 0.05) is 12.1 Å². The average Bonchev–Trinajstić information content (AvgIpc) is 2.49. The van der Waals surface area contributed by atoms with Crippen molar-refractivity contribution in [2.75, 3.05) is 14.2 Å². The maximum Gasteiger partial charge on any atom is 0.314 e. The predicted molar refractivity (Wildman–Crippen MR) is 75.3 cm³/mol. The van der Waals surface area contributed by atoms with E-state index in [1.807, 2.05) is 7.05 Å². The third-order valence-electron chi connectivity index (χ3n) is 3.78. The second-order valence-corrected chi connectivity index (χ2v) is 5.05. The fourth-order valence-electron chi connectivity index (χ4n) is 2.65. The largest absolute Gasteiger partial charge is 0.490 e. The Morgan fingerprint density at radius 3 is 2.67 bits per heavy atom. The van der Waals surface area contributed by atoms with Crippen LogP contribution in [-0.2, 0) is 0 Å². The van der Waals surface area contributed by atoms with Gasteiger partial charge in [-0.25, -0.2) is 4.39 Å². The molecule has 2 unspecified atom stereocenters. The molecule has 2 atom stereocenters. The molecule has 7 heteroatoms. The van der Waals surface area contributed by atoms with Crippen LogP contribution in [0.3, 0.4) is 0 Å². The Morgan fingerprint density at radius 1 is 1.33 bits per heavy atom. The highest BCUT2D eigenvalue weighted by atomic mass is 19.1. The lowest BCUT2D eigenvalue weighted by Crippen LogP contribution is -2.43. The van der Waals surface area contributed by atoms with Gasteiger partial charge in [-0.15, -0.1) is 0 Å². The Morgan fingerprint density at radius 2 is 2.05 bits per heavy atom. The SMILES string of the molecule is CNC1CCCCC1Oc1cc(OC)c([N+](=O)[O-])cc1F. The van der Waals surface area contributed by atoms with E-state index in [0.717, 1.165) is 31.7 Å². The summed E-state index contributed by atoms with van der Waals surface area (Å²) in [5.41, 5.74) is -0.406. The van der Waals surface area contributed by atoms with Crippen molar-refractivity contribution >= 4 is 5.69 Å². The van der Waals surface area contributed by atoms with Crippen LogP contribution in [0, 0.1) is 15.9 Å². The molecule has 1 aliphatic rings. The Bertz CT molecular complexity index is 524. The van der Waals surface area contributed by atoms with Crippen LogP contribution in [0.1, 0.15) is 25.7 Å². The van der Waals surface area contributed by atoms with Crippen LogP contribution in [-0.4, -0.2) is 31.2 Å². The van der Waals surface area contributed by atoms with Gasteiger partial charge in [-0.3, -0.25) is 10.1 Å². The third-order valence-corrected chi connectivity index (χ3v) is 3.78. The first-order chi connectivity index (χ1) is 10.1. The fourth-order valence-corrected chi connectivity index (χ4v) is 2.65. The predicted octanol–water partition coefficient (Wildman–Crippen LogP) is 2.65. The third kappa shape index (κ3) is 3.41. The van der Waals surface area contributed by atoms with Crippen molar-refractivity contribution in [3.8, 4) is 11.5 Å². The maximum absolute atomic E-state index is 14.0. The summed E-state index contributed by atoms with van der Waals surface area (Å²) in [6, 6.07) is 2.24. The summed E-state index contributed by atoms with van der Waals surface area (Å²) in [7, 11) is 3.15. The monoisotopic (exact) mass is 298 g/mol. The molecule has 6 nitrogen and oxygen atoms in total. The number of nitro groups is 1. The van der Waals surface area contributed by atoms with E-state index in [1.54, 1.807) is 0 Å². The minimum atomic E-state index is -0.747. The zero-order valence-electron chi connectivity index (χ0n) is 12.1. The van der Waals surface area contributed by atoms with E-state index in [2.05, 4.69) is 5.32 Å². The molecule has 116 valence electrons. The molecule has 0 aliphatic heterocycles. The first kappa shape index (κ1) is 15.5. The normalized spacial score (nSPS) is 21.9. The van der Waals surface area contributed by atoms with Crippen LogP contribution in [0.5, 0.6) is 11.5 Å². The van der Waals surface area contributed by atoms with Crippen molar-refractivity contribution in [2.45, 2.75) is 37.8 Å². The summed E-state index contributed by atoms with van der Waals surface area (Å²) in [5, 5.41) is 14.0. The van der Waals surface area contributed by atoms with Crippen molar-refractivity contribution in [1.82, 2.24) is 5.32 Å². The first-order valence-corrected chi connectivity index (χ1v) is 6.92. The second kappa shape index (κ2) is 6.71. The molecule has 0 radical (unpaired) electrons. The molecule has 1 fully saturated rings. The standard InChI is InChI=1S/C14H19FN2O4/c1-16-10-5-3-4-6-12(10)21-13-8-14(20-2)11(17(18)19)7-9(13)15/h7-8,10,12,16H,3-6H2,1-2H3. The van der Waals surface area contributed by atoms with Gasteiger partial charge in [-0.1, -0.05) is 6.42 Å². The number of halogens is 1. The van der Waals surface area contributed by atoms with Gasteiger partial charge >= 0.3 is 5.69 Å². The number of nitrogens with one attached hydrogen (secondary N) is 1. The summed E-state index contributed by atoms with van der Waals surface area (Å²) in [6.07, 6.45) is 3.77. The average molecular weight is 298 g/mol. The van der Waals surface area contributed by atoms with Crippen LogP contribution < -0.4 is 14.8 Å². The lowest BCUT2D eigenvalue weighted by molar-refractivity contribution is -0.386. The molecule has 1 saturated carbocycles. The molecule has 0 heterocycles. The van der Waals surface area contributed by atoms with E-state index < -0.39 is 16.4 Å². The minimum absolute atomic E-state index is 0.00628. The number of likely N-dealkylation sites (N-methyl/N-ethyl adjacent to an activating group) is 1. The maximum atomic E-state index is 14.0. The Balaban J connectivity index is 2.25. The van der Waals surface area contributed by atoms with Gasteiger partial charge in [0.1, 0.15) is 6.10 Å². The van der Waals surface area contributed by atoms with E-state index in [-0.39, 0.29) is 23.6 Å². The summed E-state index contributed by atoms with van der Waals surface area (Å²) >= 11 is 0. The van der Waals surface area contributed by atoms with Gasteiger partial charge < -0.3 is 14.8 Å². The van der Waals surface area contributed by atoms with Crippen molar-refractivity contribution in [3.63, 3.8) is 0 Å². The quantitative estimate of drug-likeness (QED) is 0.668. The summed E-state index contributed by atoms with van der Waals surface area (Å²) < 4.78 is 24.7. The van der Waals surface area contributed by atoms with Gasteiger partial charge in [0.25, 0.3) is 0 Å². The van der Waals surface area contributed by atoms with E-state index in [1.165, 1.54) is 13.2 Å². The molecular weight excluding hydrogens is 279 g/mol. The molecule has 0 bridgehead atoms. The molecule has 0 amide bonds. The number of hydrogen-bond acceptors (Lipinski definition) is 5. The highest BCUT2D eigenvalue weighted by Gasteiger charge is 2.28. The van der Waals surface area contributed by atoms with Crippen LogP contribution in [0.2, 0.25) is 0 Å². The number of rotatable bonds is 5. The zero-order chi connectivity index (χ0) is 15.4. The Kier molecular flexibility index (Phi) is 4.95. The highest BCUT2D eigenvalue weighted by Crippen LogP contribution is 2.35. The van der Waals surface area contributed by atoms with Crippen LogP contribution in [0.15, 0.2) is 12.1 Å². The zero-order valence-corrected chi connectivity index (χ0v) is 12.1. The van der Waals surface area contributed by atoms with Crippen LogP contribution in [0.4, 0.5) is 10.1 Å². The number of nitrogens with zero attached hydrogens (tertiary/aromatic N) is 1. The van der Waals surface area contributed by atoms with Gasteiger partial charge in [-0.2, -0.15) is 0 Å². The van der Waals surface area contributed by atoms with Crippen molar-refractivity contribution in [1.29, 1.82) is 0 Å². The molecule has 0 spiro atoms. The van der Waals surface area contributed by atoms with Gasteiger partial charge in [0.05, 0.1) is 18.1 Å². The highest BCUT2D eigenvalue weighted by molar-refractivity contribution is 5.51. The van der Waals surface area contributed by atoms with E-state index in [9.17, 15) is 14.5 Å². The molecule has 1 N–H and O–H groups in total. The van der Waals surface area contributed by atoms with Crippen LogP contribution >= 0.6 is 0 Å². The second-order valence-electron chi connectivity index (χ2n) is 5.05. The van der Waals surface area contributed by atoms with E-state index in [4.69, 9.17) is 9.47 Å². The molecule has 1 aromatic carbocycles. The summed E-state index contributed by atoms with van der Waals surface area (Å²) in [5.74, 6) is -0.763. The van der Waals surface area contributed by atoms with E-state index >= 15 is 0 Å². The molecule has 0 aromatic heterocycles. The number of methoxy groups -OCH3 is 1. The molecular formula is C14H19FN2O4. The van der Waals surface area contributed by atoms with Gasteiger partial charge in [-0.05, 0) is 26.3 Å². The smallest absolute Gasteiger partial charge is 0.314 e. The lowest BCUT2D eigenvalue weighted by Gasteiger charge is -2.31.